The van der Waals surface area contributed by atoms with Crippen LogP contribution in [-0.2, 0) is 4.79 Å². The standard InChI is InChI=1S/C21H25F2N3O2/c1-24-14-12-17(22)19(23)18(13-14)25-9-6-21(7-10-25)8-11-26(20(21)28)15-2-4-16(27)5-3-15/h12-13,15-16,27H,2-11H2/t15-,16+. The maximum absolute atomic E-state index is 14.3. The number of likely N-dealkylation sites (tertiary alicyclic amines) is 1. The molecule has 0 atom stereocenters. The van der Waals surface area contributed by atoms with Gasteiger partial charge < -0.3 is 14.9 Å². The molecule has 1 amide bonds. The minimum absolute atomic E-state index is 0.0804. The molecule has 0 radical (unpaired) electrons. The van der Waals surface area contributed by atoms with E-state index in [1.165, 1.54) is 6.07 Å². The molecule has 28 heavy (non-hydrogen) atoms. The van der Waals surface area contributed by atoms with Crippen LogP contribution in [0.2, 0.25) is 0 Å². The van der Waals surface area contributed by atoms with Gasteiger partial charge in [-0.25, -0.2) is 13.6 Å². The van der Waals surface area contributed by atoms with Crippen LogP contribution >= 0.6 is 0 Å². The van der Waals surface area contributed by atoms with Crippen molar-refractivity contribution in [2.24, 2.45) is 5.41 Å². The summed E-state index contributed by atoms with van der Waals surface area (Å²) in [7, 11) is 0. The van der Waals surface area contributed by atoms with Gasteiger partial charge in [0.05, 0.1) is 23.8 Å². The van der Waals surface area contributed by atoms with Crippen LogP contribution in [0.5, 0.6) is 0 Å². The molecule has 2 heterocycles. The van der Waals surface area contributed by atoms with E-state index in [1.807, 2.05) is 4.90 Å². The minimum atomic E-state index is -1.01. The van der Waals surface area contributed by atoms with Crippen molar-refractivity contribution in [1.82, 2.24) is 4.90 Å². The number of halogens is 2. The van der Waals surface area contributed by atoms with Crippen LogP contribution in [-0.4, -0.2) is 47.7 Å². The maximum atomic E-state index is 14.3. The fourth-order valence-electron chi connectivity index (χ4n) is 5.06. The predicted molar refractivity (Wildman–Crippen MR) is 101 cm³/mol. The van der Waals surface area contributed by atoms with Crippen molar-refractivity contribution in [2.45, 2.75) is 57.1 Å². The summed E-state index contributed by atoms with van der Waals surface area (Å²) < 4.78 is 28.1. The number of aliphatic hydroxyl groups is 1. The molecule has 0 bridgehead atoms. The molecule has 3 fully saturated rings. The Kier molecular flexibility index (Phi) is 5.00. The van der Waals surface area contributed by atoms with E-state index in [-0.39, 0.29) is 29.4 Å². The molecule has 150 valence electrons. The number of anilines is 1. The number of hydrogen-bond donors (Lipinski definition) is 1. The zero-order chi connectivity index (χ0) is 19.9. The molecule has 0 unspecified atom stereocenters. The number of hydrogen-bond acceptors (Lipinski definition) is 3. The topological polar surface area (TPSA) is 48.1 Å². The second-order valence-electron chi connectivity index (χ2n) is 8.35. The van der Waals surface area contributed by atoms with Crippen molar-refractivity contribution >= 4 is 17.3 Å². The Hall–Kier alpha value is -2.20. The van der Waals surface area contributed by atoms with Crippen LogP contribution in [0.4, 0.5) is 20.2 Å². The Labute approximate surface area is 163 Å². The van der Waals surface area contributed by atoms with Crippen LogP contribution in [0.1, 0.15) is 44.9 Å². The van der Waals surface area contributed by atoms with Gasteiger partial charge in [-0.1, -0.05) is 0 Å². The number of carbonyl (C=O) groups excluding carboxylic acids is 1. The number of benzene rings is 1. The molecule has 1 spiro atoms. The van der Waals surface area contributed by atoms with Gasteiger partial charge in [-0.05, 0) is 57.1 Å². The summed E-state index contributed by atoms with van der Waals surface area (Å²) in [6.07, 6.45) is 4.98. The van der Waals surface area contributed by atoms with Crippen molar-refractivity contribution < 1.29 is 18.7 Å². The minimum Gasteiger partial charge on any atom is -0.393 e. The molecule has 1 aromatic carbocycles. The highest BCUT2D eigenvalue weighted by molar-refractivity contribution is 5.85. The zero-order valence-electron chi connectivity index (χ0n) is 15.8. The first-order chi connectivity index (χ1) is 13.4. The highest BCUT2D eigenvalue weighted by Gasteiger charge is 2.50. The van der Waals surface area contributed by atoms with Gasteiger partial charge in [0.25, 0.3) is 0 Å². The highest BCUT2D eigenvalue weighted by atomic mass is 19.2. The number of carbonyl (C=O) groups is 1. The summed E-state index contributed by atoms with van der Waals surface area (Å²) in [4.78, 5) is 20.2. The van der Waals surface area contributed by atoms with Crippen molar-refractivity contribution in [3.8, 4) is 0 Å². The normalized spacial score (nSPS) is 27.3. The van der Waals surface area contributed by atoms with E-state index >= 15 is 0 Å². The maximum Gasteiger partial charge on any atom is 0.229 e. The van der Waals surface area contributed by atoms with Gasteiger partial charge in [0.1, 0.15) is 0 Å². The summed E-state index contributed by atoms with van der Waals surface area (Å²) in [6.45, 7) is 8.75. The number of aliphatic hydroxyl groups excluding tert-OH is 1. The summed E-state index contributed by atoms with van der Waals surface area (Å²) in [5.74, 6) is -1.75. The van der Waals surface area contributed by atoms with E-state index in [2.05, 4.69) is 4.85 Å². The predicted octanol–water partition coefficient (Wildman–Crippen LogP) is 3.64. The van der Waals surface area contributed by atoms with E-state index in [9.17, 15) is 18.7 Å². The van der Waals surface area contributed by atoms with E-state index in [4.69, 9.17) is 6.57 Å². The SMILES string of the molecule is [C-]#[N+]c1cc(F)c(F)c(N2CCC3(CC2)CCN([C@H]2CC[C@@H](O)CC2)C3=O)c1. The third-order valence-corrected chi connectivity index (χ3v) is 6.84. The number of piperidine rings is 1. The third kappa shape index (κ3) is 3.24. The molecule has 4 rings (SSSR count). The van der Waals surface area contributed by atoms with Crippen molar-refractivity contribution in [2.75, 3.05) is 24.5 Å². The summed E-state index contributed by atoms with van der Waals surface area (Å²) in [5, 5.41) is 9.71. The molecule has 5 nitrogen and oxygen atoms in total. The fourth-order valence-corrected chi connectivity index (χ4v) is 5.06. The Morgan fingerprint density at radius 3 is 2.36 bits per heavy atom. The molecule has 2 aliphatic heterocycles. The molecular formula is C21H25F2N3O2. The number of amides is 1. The van der Waals surface area contributed by atoms with E-state index in [1.54, 1.807) is 4.90 Å². The second-order valence-corrected chi connectivity index (χ2v) is 8.35. The van der Waals surface area contributed by atoms with Crippen LogP contribution in [0.25, 0.3) is 4.85 Å². The largest absolute Gasteiger partial charge is 0.393 e. The van der Waals surface area contributed by atoms with Crippen LogP contribution < -0.4 is 4.90 Å². The van der Waals surface area contributed by atoms with Gasteiger partial charge in [0.2, 0.25) is 5.91 Å². The first-order valence-electron chi connectivity index (χ1n) is 10.0. The lowest BCUT2D eigenvalue weighted by Gasteiger charge is -2.40. The van der Waals surface area contributed by atoms with Crippen molar-refractivity contribution in [3.05, 3.63) is 35.2 Å². The quantitative estimate of drug-likeness (QED) is 0.786. The average molecular weight is 389 g/mol. The first kappa shape index (κ1) is 19.1. The summed E-state index contributed by atoms with van der Waals surface area (Å²) in [6, 6.07) is 2.52. The Balaban J connectivity index is 1.45. The van der Waals surface area contributed by atoms with E-state index < -0.39 is 17.0 Å². The lowest BCUT2D eigenvalue weighted by Crippen LogP contribution is -2.47. The average Bonchev–Trinajstić information content (AvgIpc) is 3.01. The number of rotatable bonds is 2. The lowest BCUT2D eigenvalue weighted by atomic mass is 9.77. The van der Waals surface area contributed by atoms with Gasteiger partial charge in [-0.2, -0.15) is 0 Å². The van der Waals surface area contributed by atoms with Gasteiger partial charge in [0, 0.05) is 25.7 Å². The van der Waals surface area contributed by atoms with Gasteiger partial charge in [-0.3, -0.25) is 4.79 Å². The van der Waals surface area contributed by atoms with Gasteiger partial charge in [0.15, 0.2) is 17.3 Å². The van der Waals surface area contributed by atoms with E-state index in [0.717, 1.165) is 44.7 Å². The van der Waals surface area contributed by atoms with Crippen LogP contribution in [0.15, 0.2) is 12.1 Å². The Bertz CT molecular complexity index is 807. The molecule has 1 aliphatic carbocycles. The van der Waals surface area contributed by atoms with Gasteiger partial charge >= 0.3 is 0 Å². The molecular weight excluding hydrogens is 364 g/mol. The second kappa shape index (κ2) is 7.32. The van der Waals surface area contributed by atoms with Gasteiger partial charge in [-0.15, -0.1) is 0 Å². The Morgan fingerprint density at radius 2 is 1.71 bits per heavy atom. The Morgan fingerprint density at radius 1 is 1.07 bits per heavy atom. The van der Waals surface area contributed by atoms with Crippen LogP contribution in [0.3, 0.4) is 0 Å². The highest BCUT2D eigenvalue weighted by Crippen LogP contribution is 2.45. The lowest BCUT2D eigenvalue weighted by molar-refractivity contribution is -0.139. The summed E-state index contributed by atoms with van der Waals surface area (Å²) >= 11 is 0. The zero-order valence-corrected chi connectivity index (χ0v) is 15.8. The van der Waals surface area contributed by atoms with Crippen LogP contribution in [0, 0.1) is 23.6 Å². The molecule has 2 saturated heterocycles. The smallest absolute Gasteiger partial charge is 0.229 e. The fraction of sp³-hybridized carbons (Fsp3) is 0.619. The molecule has 1 aromatic rings. The molecule has 3 aliphatic rings. The number of nitrogens with zero attached hydrogens (tertiary/aromatic N) is 3. The van der Waals surface area contributed by atoms with Crippen molar-refractivity contribution in [1.29, 1.82) is 0 Å². The summed E-state index contributed by atoms with van der Waals surface area (Å²) in [5.41, 5.74) is -0.208. The third-order valence-electron chi connectivity index (χ3n) is 6.84. The molecule has 1 N–H and O–H groups in total. The molecule has 1 saturated carbocycles. The van der Waals surface area contributed by atoms with Crippen molar-refractivity contribution in [3.63, 3.8) is 0 Å². The molecule has 7 heteroatoms. The van der Waals surface area contributed by atoms with E-state index in [0.29, 0.717) is 25.9 Å². The monoisotopic (exact) mass is 389 g/mol. The molecule has 0 aromatic heterocycles. The first-order valence-corrected chi connectivity index (χ1v) is 10.0.